The third-order valence-electron chi connectivity index (χ3n) is 8.82. The highest BCUT2D eigenvalue weighted by molar-refractivity contribution is 5.85. The smallest absolute Gasteiger partial charge is 0.0459 e. The van der Waals surface area contributed by atoms with Crippen LogP contribution in [0, 0.1) is 0 Å². The Labute approximate surface area is 209 Å². The van der Waals surface area contributed by atoms with Gasteiger partial charge in [0.2, 0.25) is 0 Å². The maximum atomic E-state index is 3.89. The molecule has 1 aliphatic heterocycles. The monoisotopic (exact) mass is 463 g/mol. The molecule has 6 rings (SSSR count). The van der Waals surface area contributed by atoms with Crippen molar-refractivity contribution in [2.24, 2.45) is 0 Å². The van der Waals surface area contributed by atoms with E-state index in [1.807, 2.05) is 0 Å². The Morgan fingerprint density at radius 1 is 0.829 bits per heavy atom. The molecule has 2 aliphatic rings. The summed E-state index contributed by atoms with van der Waals surface area (Å²) in [5, 5.41) is 1.42. The number of nitrogens with zero attached hydrogens (tertiary/aromatic N) is 2. The topological polar surface area (TPSA) is 22.3 Å². The van der Waals surface area contributed by atoms with Gasteiger partial charge in [0.05, 0.1) is 0 Å². The molecule has 1 aromatic heterocycles. The molecule has 0 atom stereocenters. The van der Waals surface area contributed by atoms with Gasteiger partial charge in [-0.05, 0) is 80.4 Å². The van der Waals surface area contributed by atoms with E-state index in [0.29, 0.717) is 5.92 Å². The van der Waals surface area contributed by atoms with E-state index in [9.17, 15) is 0 Å². The van der Waals surface area contributed by atoms with Crippen LogP contribution in [-0.2, 0) is 25.0 Å². The van der Waals surface area contributed by atoms with Gasteiger partial charge >= 0.3 is 0 Å². The summed E-state index contributed by atoms with van der Waals surface area (Å²) in [5.74, 6) is 0.602. The highest BCUT2D eigenvalue weighted by Crippen LogP contribution is 2.47. The summed E-state index contributed by atoms with van der Waals surface area (Å²) in [4.78, 5) is 8.97. The Morgan fingerprint density at radius 2 is 1.46 bits per heavy atom. The second kappa shape index (κ2) is 9.29. The van der Waals surface area contributed by atoms with E-state index in [0.717, 1.165) is 26.1 Å². The second-order valence-electron chi connectivity index (χ2n) is 10.9. The van der Waals surface area contributed by atoms with Crippen molar-refractivity contribution in [1.82, 2.24) is 14.8 Å². The molecule has 1 fully saturated rings. The van der Waals surface area contributed by atoms with Crippen molar-refractivity contribution in [3.63, 3.8) is 0 Å². The maximum absolute atomic E-state index is 3.89. The molecule has 0 radical (unpaired) electrons. The molecule has 35 heavy (non-hydrogen) atoms. The molecule has 1 aliphatic carbocycles. The van der Waals surface area contributed by atoms with Crippen LogP contribution in [0.2, 0.25) is 0 Å². The highest BCUT2D eigenvalue weighted by Gasteiger charge is 2.39. The minimum atomic E-state index is 0.144. The van der Waals surface area contributed by atoms with Crippen molar-refractivity contribution < 1.29 is 0 Å². The number of hydrogen-bond acceptors (Lipinski definition) is 2. The predicted octanol–water partition coefficient (Wildman–Crippen LogP) is 6.84. The lowest BCUT2D eigenvalue weighted by molar-refractivity contribution is 0.0903. The fraction of sp³-hybridized carbons (Fsp3) is 0.375. The Balaban J connectivity index is 1.24. The van der Waals surface area contributed by atoms with Gasteiger partial charge in [-0.25, -0.2) is 0 Å². The first-order valence-electron chi connectivity index (χ1n) is 13.3. The van der Waals surface area contributed by atoms with Crippen molar-refractivity contribution in [2.75, 3.05) is 20.6 Å². The van der Waals surface area contributed by atoms with Crippen LogP contribution in [0.3, 0.4) is 0 Å². The van der Waals surface area contributed by atoms with Crippen LogP contribution >= 0.6 is 0 Å². The van der Waals surface area contributed by atoms with Crippen LogP contribution in [-0.4, -0.2) is 35.4 Å². The van der Waals surface area contributed by atoms with E-state index in [1.54, 1.807) is 5.56 Å². The Morgan fingerprint density at radius 3 is 2.14 bits per heavy atom. The summed E-state index contributed by atoms with van der Waals surface area (Å²) in [6.45, 7) is 3.28. The van der Waals surface area contributed by atoms with Crippen LogP contribution in [0.1, 0.15) is 59.5 Å². The van der Waals surface area contributed by atoms with Gasteiger partial charge < -0.3 is 4.98 Å². The zero-order valence-electron chi connectivity index (χ0n) is 21.1. The Bertz CT molecular complexity index is 1270. The Hall–Kier alpha value is -2.88. The van der Waals surface area contributed by atoms with E-state index in [2.05, 4.69) is 108 Å². The molecule has 3 nitrogen and oxygen atoms in total. The molecular weight excluding hydrogens is 426 g/mol. The van der Waals surface area contributed by atoms with Crippen molar-refractivity contribution in [3.8, 4) is 0 Å². The van der Waals surface area contributed by atoms with Gasteiger partial charge in [-0.15, -0.1) is 0 Å². The third-order valence-corrected chi connectivity index (χ3v) is 8.82. The van der Waals surface area contributed by atoms with E-state index in [1.165, 1.54) is 59.0 Å². The number of H-pyrrole nitrogens is 1. The van der Waals surface area contributed by atoms with Crippen LogP contribution in [0.15, 0.2) is 78.9 Å². The Kier molecular flexibility index (Phi) is 5.99. The zero-order chi connectivity index (χ0) is 23.8. The van der Waals surface area contributed by atoms with Crippen LogP contribution in [0.25, 0.3) is 10.9 Å². The van der Waals surface area contributed by atoms with Gasteiger partial charge in [0, 0.05) is 41.8 Å². The largest absolute Gasteiger partial charge is 0.358 e. The quantitative estimate of drug-likeness (QED) is 0.338. The first-order chi connectivity index (χ1) is 17.1. The first-order valence-corrected chi connectivity index (χ1v) is 13.3. The van der Waals surface area contributed by atoms with Gasteiger partial charge in [0.15, 0.2) is 0 Å². The lowest BCUT2D eigenvalue weighted by atomic mass is 9.70. The molecule has 1 N–H and O–H groups in total. The van der Waals surface area contributed by atoms with Gasteiger partial charge in [0.25, 0.3) is 0 Å². The molecule has 1 saturated carbocycles. The van der Waals surface area contributed by atoms with Crippen LogP contribution < -0.4 is 0 Å². The van der Waals surface area contributed by atoms with E-state index < -0.39 is 0 Å². The molecule has 0 spiro atoms. The fourth-order valence-electron chi connectivity index (χ4n) is 6.80. The summed E-state index contributed by atoms with van der Waals surface area (Å²) in [6, 6.07) is 29.0. The number of fused-ring (bicyclic) bond motifs is 2. The number of aromatic amines is 1. The van der Waals surface area contributed by atoms with Gasteiger partial charge in [-0.2, -0.15) is 0 Å². The number of aromatic nitrogens is 1. The highest BCUT2D eigenvalue weighted by atomic mass is 15.1. The lowest BCUT2D eigenvalue weighted by Crippen LogP contribution is -2.44. The first kappa shape index (κ1) is 22.6. The molecule has 0 bridgehead atoms. The normalized spacial score (nSPS) is 22.7. The molecule has 0 saturated heterocycles. The van der Waals surface area contributed by atoms with Crippen molar-refractivity contribution >= 4 is 10.9 Å². The maximum Gasteiger partial charge on any atom is 0.0459 e. The third kappa shape index (κ3) is 4.11. The van der Waals surface area contributed by atoms with E-state index >= 15 is 0 Å². The number of para-hydroxylation sites is 1. The minimum absolute atomic E-state index is 0.144. The summed E-state index contributed by atoms with van der Waals surface area (Å²) in [6.07, 6.45) is 5.96. The number of nitrogens with one attached hydrogen (secondary N) is 1. The van der Waals surface area contributed by atoms with E-state index in [-0.39, 0.29) is 5.54 Å². The SMILES string of the molecule is CN(C)C1(c2ccccc2)CCC(c2[nH]c3ccccc3c2CCN2Cc3ccccc3C2)CC1. The summed E-state index contributed by atoms with van der Waals surface area (Å²) in [7, 11) is 4.52. The minimum Gasteiger partial charge on any atom is -0.358 e. The second-order valence-corrected chi connectivity index (χ2v) is 10.9. The van der Waals surface area contributed by atoms with Gasteiger partial charge in [-0.1, -0.05) is 72.8 Å². The molecular formula is C32H37N3. The molecule has 3 aromatic carbocycles. The fourth-order valence-corrected chi connectivity index (χ4v) is 6.80. The van der Waals surface area contributed by atoms with Crippen LogP contribution in [0.5, 0.6) is 0 Å². The summed E-state index contributed by atoms with van der Waals surface area (Å²) >= 11 is 0. The van der Waals surface area contributed by atoms with Crippen LogP contribution in [0.4, 0.5) is 0 Å². The average molecular weight is 464 g/mol. The standard InChI is InChI=1S/C32H37N3/c1-34(2)32(27-12-4-3-5-13-27)19-16-24(17-20-32)31-29(28-14-8-9-15-30(28)33-31)18-21-35-22-25-10-6-7-11-26(25)23-35/h3-15,24,33H,16-23H2,1-2H3. The lowest BCUT2D eigenvalue weighted by Gasteiger charge is -2.45. The predicted molar refractivity (Wildman–Crippen MR) is 146 cm³/mol. The summed E-state index contributed by atoms with van der Waals surface area (Å²) < 4.78 is 0. The van der Waals surface area contributed by atoms with Crippen molar-refractivity contribution in [3.05, 3.63) is 107 Å². The van der Waals surface area contributed by atoms with Gasteiger partial charge in [-0.3, -0.25) is 9.80 Å². The number of hydrogen-bond donors (Lipinski definition) is 1. The van der Waals surface area contributed by atoms with E-state index in [4.69, 9.17) is 0 Å². The number of benzene rings is 3. The average Bonchev–Trinajstić information content (AvgIpc) is 3.49. The molecule has 2 heterocycles. The van der Waals surface area contributed by atoms with Crippen molar-refractivity contribution in [1.29, 1.82) is 0 Å². The summed E-state index contributed by atoms with van der Waals surface area (Å²) in [5.41, 5.74) is 8.97. The van der Waals surface area contributed by atoms with Crippen molar-refractivity contribution in [2.45, 2.75) is 56.7 Å². The molecule has 180 valence electrons. The molecule has 0 amide bonds. The van der Waals surface area contributed by atoms with Gasteiger partial charge in [0.1, 0.15) is 0 Å². The zero-order valence-corrected chi connectivity index (χ0v) is 21.1. The molecule has 4 aromatic rings. The number of rotatable bonds is 6. The molecule has 3 heteroatoms. The molecule has 0 unspecified atom stereocenters.